The van der Waals surface area contributed by atoms with Crippen molar-refractivity contribution in [1.82, 2.24) is 9.88 Å². The van der Waals surface area contributed by atoms with Crippen LogP contribution in [0.3, 0.4) is 0 Å². The van der Waals surface area contributed by atoms with Gasteiger partial charge in [0.1, 0.15) is 0 Å². The molecule has 0 atom stereocenters. The molecule has 4 nitrogen and oxygen atoms in total. The Morgan fingerprint density at radius 1 is 1.44 bits per heavy atom. The van der Waals surface area contributed by atoms with E-state index in [4.69, 9.17) is 4.74 Å². The van der Waals surface area contributed by atoms with Crippen molar-refractivity contribution in [2.24, 2.45) is 0 Å². The molecule has 0 amide bonds. The molecule has 1 fully saturated rings. The minimum Gasteiger partial charge on any atom is -0.379 e. The van der Waals surface area contributed by atoms with Crippen LogP contribution in [0, 0.1) is 0 Å². The van der Waals surface area contributed by atoms with E-state index in [1.807, 2.05) is 12.3 Å². The molecule has 0 radical (unpaired) electrons. The van der Waals surface area contributed by atoms with Crippen molar-refractivity contribution in [2.45, 2.75) is 13.5 Å². The number of pyridine rings is 1. The molecule has 1 aliphatic rings. The topological polar surface area (TPSA) is 42.4 Å². The van der Waals surface area contributed by atoms with E-state index < -0.39 is 0 Å². The SMILES string of the molecule is CC(=O)c1cncc(CN2CCOCC2)c1. The molecule has 0 bridgehead atoms. The summed E-state index contributed by atoms with van der Waals surface area (Å²) in [6.45, 7) is 5.89. The van der Waals surface area contributed by atoms with E-state index in [0.717, 1.165) is 38.4 Å². The van der Waals surface area contributed by atoms with E-state index in [9.17, 15) is 4.79 Å². The molecule has 86 valence electrons. The monoisotopic (exact) mass is 220 g/mol. The highest BCUT2D eigenvalue weighted by Crippen LogP contribution is 2.08. The zero-order valence-corrected chi connectivity index (χ0v) is 9.48. The molecule has 4 heteroatoms. The summed E-state index contributed by atoms with van der Waals surface area (Å²) in [5, 5.41) is 0. The van der Waals surface area contributed by atoms with Gasteiger partial charge in [0.05, 0.1) is 13.2 Å². The minimum absolute atomic E-state index is 0.0660. The van der Waals surface area contributed by atoms with Gasteiger partial charge in [0.25, 0.3) is 0 Å². The van der Waals surface area contributed by atoms with Gasteiger partial charge < -0.3 is 4.74 Å². The smallest absolute Gasteiger partial charge is 0.161 e. The third-order valence-corrected chi connectivity index (χ3v) is 2.71. The van der Waals surface area contributed by atoms with Gasteiger partial charge in [0.15, 0.2) is 5.78 Å². The van der Waals surface area contributed by atoms with Crippen LogP contribution in [0.2, 0.25) is 0 Å². The number of ketones is 1. The van der Waals surface area contributed by atoms with Gasteiger partial charge in [-0.25, -0.2) is 0 Å². The van der Waals surface area contributed by atoms with Crippen LogP contribution in [0.15, 0.2) is 18.5 Å². The molecule has 1 aromatic rings. The summed E-state index contributed by atoms with van der Waals surface area (Å²) in [6.07, 6.45) is 3.44. The molecule has 16 heavy (non-hydrogen) atoms. The van der Waals surface area contributed by atoms with Crippen LogP contribution in [0.25, 0.3) is 0 Å². The molecule has 0 aliphatic carbocycles. The summed E-state index contributed by atoms with van der Waals surface area (Å²) >= 11 is 0. The number of Topliss-reactive ketones (excluding diaryl/α,β-unsaturated/α-hetero) is 1. The predicted octanol–water partition coefficient (Wildman–Crippen LogP) is 1.12. The minimum atomic E-state index is 0.0660. The van der Waals surface area contributed by atoms with Crippen LogP contribution in [0.4, 0.5) is 0 Å². The Morgan fingerprint density at radius 2 is 2.19 bits per heavy atom. The van der Waals surface area contributed by atoms with Crippen molar-refractivity contribution in [3.8, 4) is 0 Å². The van der Waals surface area contributed by atoms with E-state index >= 15 is 0 Å². The number of rotatable bonds is 3. The van der Waals surface area contributed by atoms with Crippen molar-refractivity contribution in [3.63, 3.8) is 0 Å². The lowest BCUT2D eigenvalue weighted by molar-refractivity contribution is 0.0341. The Bertz CT molecular complexity index is 373. The first kappa shape index (κ1) is 11.2. The predicted molar refractivity (Wildman–Crippen MR) is 60.3 cm³/mol. The maximum absolute atomic E-state index is 11.2. The first-order chi connectivity index (χ1) is 7.75. The van der Waals surface area contributed by atoms with Crippen LogP contribution in [0.5, 0.6) is 0 Å². The first-order valence-corrected chi connectivity index (χ1v) is 5.50. The maximum Gasteiger partial charge on any atom is 0.161 e. The lowest BCUT2D eigenvalue weighted by Crippen LogP contribution is -2.35. The average molecular weight is 220 g/mol. The highest BCUT2D eigenvalue weighted by atomic mass is 16.5. The van der Waals surface area contributed by atoms with Gasteiger partial charge in [-0.3, -0.25) is 14.7 Å². The number of carbonyl (C=O) groups is 1. The van der Waals surface area contributed by atoms with Crippen molar-refractivity contribution in [3.05, 3.63) is 29.6 Å². The largest absolute Gasteiger partial charge is 0.379 e. The molecule has 0 saturated carbocycles. The van der Waals surface area contributed by atoms with Gasteiger partial charge in [-0.05, 0) is 18.6 Å². The van der Waals surface area contributed by atoms with Crippen molar-refractivity contribution in [1.29, 1.82) is 0 Å². The molecular formula is C12H16N2O2. The molecule has 2 rings (SSSR count). The van der Waals surface area contributed by atoms with Gasteiger partial charge in [0.2, 0.25) is 0 Å². The molecule has 0 unspecified atom stereocenters. The highest BCUT2D eigenvalue weighted by Gasteiger charge is 2.11. The second kappa shape index (κ2) is 5.18. The van der Waals surface area contributed by atoms with Gasteiger partial charge in [-0.1, -0.05) is 0 Å². The fraction of sp³-hybridized carbons (Fsp3) is 0.500. The Hall–Kier alpha value is -1.26. The van der Waals surface area contributed by atoms with Crippen molar-refractivity contribution in [2.75, 3.05) is 26.3 Å². The normalized spacial score (nSPS) is 17.3. The fourth-order valence-electron chi connectivity index (χ4n) is 1.78. The second-order valence-corrected chi connectivity index (χ2v) is 4.03. The molecule has 1 aliphatic heterocycles. The summed E-state index contributed by atoms with van der Waals surface area (Å²) < 4.78 is 5.29. The number of ether oxygens (including phenoxy) is 1. The number of nitrogens with zero attached hydrogens (tertiary/aromatic N) is 2. The summed E-state index contributed by atoms with van der Waals surface area (Å²) in [5.41, 5.74) is 1.78. The Labute approximate surface area is 95.2 Å². The Morgan fingerprint density at radius 3 is 2.88 bits per heavy atom. The Balaban J connectivity index is 2.02. The zero-order chi connectivity index (χ0) is 11.4. The Kier molecular flexibility index (Phi) is 3.64. The van der Waals surface area contributed by atoms with E-state index in [0.29, 0.717) is 5.56 Å². The second-order valence-electron chi connectivity index (χ2n) is 4.03. The molecule has 0 aromatic carbocycles. The van der Waals surface area contributed by atoms with Gasteiger partial charge in [-0.2, -0.15) is 0 Å². The van der Waals surface area contributed by atoms with Crippen LogP contribution >= 0.6 is 0 Å². The highest BCUT2D eigenvalue weighted by molar-refractivity contribution is 5.93. The maximum atomic E-state index is 11.2. The summed E-state index contributed by atoms with van der Waals surface area (Å²) in [7, 11) is 0. The number of hydrogen-bond donors (Lipinski definition) is 0. The molecule has 1 saturated heterocycles. The molecule has 2 heterocycles. The third-order valence-electron chi connectivity index (χ3n) is 2.71. The molecule has 0 N–H and O–H groups in total. The van der Waals surface area contributed by atoms with Gasteiger partial charge >= 0.3 is 0 Å². The van der Waals surface area contributed by atoms with Crippen LogP contribution in [-0.2, 0) is 11.3 Å². The van der Waals surface area contributed by atoms with E-state index in [1.54, 1.807) is 13.1 Å². The number of hydrogen-bond acceptors (Lipinski definition) is 4. The summed E-state index contributed by atoms with van der Waals surface area (Å²) in [6, 6.07) is 1.92. The fourth-order valence-corrected chi connectivity index (χ4v) is 1.78. The molecular weight excluding hydrogens is 204 g/mol. The van der Waals surface area contributed by atoms with Crippen LogP contribution in [0.1, 0.15) is 22.8 Å². The van der Waals surface area contributed by atoms with Crippen LogP contribution < -0.4 is 0 Å². The van der Waals surface area contributed by atoms with E-state index in [2.05, 4.69) is 9.88 Å². The van der Waals surface area contributed by atoms with Crippen molar-refractivity contribution < 1.29 is 9.53 Å². The quantitative estimate of drug-likeness (QED) is 0.716. The van der Waals surface area contributed by atoms with E-state index in [-0.39, 0.29) is 5.78 Å². The number of aromatic nitrogens is 1. The van der Waals surface area contributed by atoms with Crippen LogP contribution in [-0.4, -0.2) is 42.0 Å². The summed E-state index contributed by atoms with van der Waals surface area (Å²) in [5.74, 6) is 0.0660. The first-order valence-electron chi connectivity index (χ1n) is 5.50. The summed E-state index contributed by atoms with van der Waals surface area (Å²) in [4.78, 5) is 17.6. The van der Waals surface area contributed by atoms with E-state index in [1.165, 1.54) is 0 Å². The number of carbonyl (C=O) groups excluding carboxylic acids is 1. The molecule has 1 aromatic heterocycles. The number of morpholine rings is 1. The average Bonchev–Trinajstić information content (AvgIpc) is 2.30. The third kappa shape index (κ3) is 2.87. The van der Waals surface area contributed by atoms with Gasteiger partial charge in [-0.15, -0.1) is 0 Å². The van der Waals surface area contributed by atoms with Crippen molar-refractivity contribution >= 4 is 5.78 Å². The standard InChI is InChI=1S/C12H16N2O2/c1-10(15)12-6-11(7-13-8-12)9-14-2-4-16-5-3-14/h6-8H,2-5,9H2,1H3. The zero-order valence-electron chi connectivity index (χ0n) is 9.48. The lowest BCUT2D eigenvalue weighted by atomic mass is 10.1. The lowest BCUT2D eigenvalue weighted by Gasteiger charge is -2.26. The molecule has 0 spiro atoms. The van der Waals surface area contributed by atoms with Gasteiger partial charge in [0, 0.05) is 37.6 Å².